The first-order valence-corrected chi connectivity index (χ1v) is 11.7. The zero-order valence-corrected chi connectivity index (χ0v) is 19.8. The monoisotopic (exact) mass is 676 g/mol. The highest BCUT2D eigenvalue weighted by Crippen LogP contribution is 2.56. The molecular weight excluding hydrogens is 664 g/mol. The van der Waals surface area contributed by atoms with Crippen LogP contribution in [0, 0.1) is 11.8 Å². The molecule has 0 radical (unpaired) electrons. The smallest absolute Gasteiger partial charge is 0.281 e. The third kappa shape index (κ3) is 6.94. The Morgan fingerprint density at radius 3 is 1.23 bits per heavy atom. The molecule has 1 aliphatic carbocycles. The lowest BCUT2D eigenvalue weighted by molar-refractivity contribution is -0.469. The second kappa shape index (κ2) is 11.2. The highest BCUT2D eigenvalue weighted by Gasteiger charge is 2.76. The van der Waals surface area contributed by atoms with Crippen LogP contribution in [0.4, 0.5) is 70.2 Å². The fourth-order valence-corrected chi connectivity index (χ4v) is 3.72. The Labute approximate surface area is 214 Å². The molecule has 8 nitrogen and oxygen atoms in total. The summed E-state index contributed by atoms with van der Waals surface area (Å²) >= 11 is -1.89. The van der Waals surface area contributed by atoms with Crippen LogP contribution in [-0.2, 0) is 29.0 Å². The first-order chi connectivity index (χ1) is 17.4. The number of alkyl halides is 16. The lowest BCUT2D eigenvalue weighted by Gasteiger charge is -2.41. The van der Waals surface area contributed by atoms with Crippen LogP contribution in [0.2, 0.25) is 0 Å². The van der Waals surface area contributed by atoms with Crippen molar-refractivity contribution in [2.24, 2.45) is 11.8 Å². The molecule has 0 bridgehead atoms. The van der Waals surface area contributed by atoms with Gasteiger partial charge in [-0.3, -0.25) is 4.55 Å². The minimum Gasteiger partial charge on any atom is -0.281 e. The molecule has 1 aliphatic rings. The molecule has 0 heterocycles. The van der Waals surface area contributed by atoms with Crippen molar-refractivity contribution in [3.63, 3.8) is 0 Å². The summed E-state index contributed by atoms with van der Waals surface area (Å²) in [6, 6.07) is 0. The van der Waals surface area contributed by atoms with Crippen molar-refractivity contribution in [1.82, 2.24) is 0 Å². The minimum absolute atomic E-state index is 1.77. The van der Waals surface area contributed by atoms with E-state index in [4.69, 9.17) is 9.81 Å². The van der Waals surface area contributed by atoms with E-state index in [-0.39, 0.29) is 0 Å². The molecule has 26 heteroatoms. The maximum Gasteiger partial charge on any atom is 0.460 e. The van der Waals surface area contributed by atoms with Crippen molar-refractivity contribution < 1.29 is 107 Å². The summed E-state index contributed by atoms with van der Waals surface area (Å²) in [6.07, 6.45) is -33.9. The third-order valence-corrected chi connectivity index (χ3v) is 6.67. The molecule has 2 N–H and O–H groups in total. The van der Waals surface area contributed by atoms with Gasteiger partial charge in [0.05, 0.1) is 0 Å². The van der Waals surface area contributed by atoms with Gasteiger partial charge < -0.3 is 0 Å². The van der Waals surface area contributed by atoms with Gasteiger partial charge in [0.2, 0.25) is 0 Å². The predicted octanol–water partition coefficient (Wildman–Crippen LogP) is 6.61. The molecule has 40 heavy (non-hydrogen) atoms. The maximum atomic E-state index is 14.2. The van der Waals surface area contributed by atoms with Gasteiger partial charge in [0.15, 0.2) is 0 Å². The molecule has 0 atom stereocenters. The van der Waals surface area contributed by atoms with Crippen LogP contribution >= 0.6 is 12.0 Å². The Balaban J connectivity index is 3.08. The maximum absolute atomic E-state index is 14.2. The molecule has 1 rings (SSSR count). The highest BCUT2D eigenvalue weighted by atomic mass is 32.2. The van der Waals surface area contributed by atoms with Gasteiger partial charge in [0.1, 0.15) is 12.0 Å². The fraction of sp³-hybridized carbons (Fsp3) is 1.00. The molecule has 0 aliphatic heterocycles. The van der Waals surface area contributed by atoms with Gasteiger partial charge >= 0.3 is 56.9 Å². The first kappa shape index (κ1) is 37.0. The van der Waals surface area contributed by atoms with Crippen molar-refractivity contribution in [2.75, 3.05) is 0 Å². The summed E-state index contributed by atoms with van der Waals surface area (Å²) in [4.78, 5) is 0. The predicted molar refractivity (Wildman–Crippen MR) is 91.1 cm³/mol. The SMILES string of the molecule is O=S(=O)(O)C(F)(F)C(F)(F)OC(F)(F)C(F)(F)C1CCC(C(F)(F)C(F)(F)OC(F)(F)C(F)(F)SOOO)CC1. The summed E-state index contributed by atoms with van der Waals surface area (Å²) < 4.78 is 253. The summed E-state index contributed by atoms with van der Waals surface area (Å²) in [6.45, 7) is 0. The Morgan fingerprint density at radius 2 is 0.925 bits per heavy atom. The molecule has 0 aromatic rings. The number of hydrogen-bond acceptors (Lipinski definition) is 8. The zero-order chi connectivity index (χ0) is 32.0. The van der Waals surface area contributed by atoms with Gasteiger partial charge in [0, 0.05) is 11.8 Å². The first-order valence-electron chi connectivity index (χ1n) is 9.49. The molecule has 1 saturated carbocycles. The molecule has 0 amide bonds. The average Bonchev–Trinajstić information content (AvgIpc) is 2.75. The van der Waals surface area contributed by atoms with Crippen LogP contribution < -0.4 is 0 Å². The van der Waals surface area contributed by atoms with Crippen molar-refractivity contribution in [3.8, 4) is 0 Å². The normalized spacial score (nSPS) is 21.6. The van der Waals surface area contributed by atoms with E-state index in [1.807, 2.05) is 4.74 Å². The van der Waals surface area contributed by atoms with E-state index < -0.39 is 106 Å². The topological polar surface area (TPSA) is 112 Å². The van der Waals surface area contributed by atoms with E-state index in [1.165, 1.54) is 0 Å². The van der Waals surface area contributed by atoms with Crippen molar-refractivity contribution in [2.45, 2.75) is 72.5 Å². The van der Waals surface area contributed by atoms with Gasteiger partial charge in [-0.05, 0) is 25.7 Å². The minimum atomic E-state index is -7.25. The van der Waals surface area contributed by atoms with Crippen LogP contribution in [0.25, 0.3) is 0 Å². The Hall–Kier alpha value is -1.06. The standard InChI is InChI=1S/C14H12F16O8S2/c15-7(16,9(19,20)35-11(23,24)13(27,28)39-38-37-31)5-1-3-6(4-2-5)8(17,18)10(21,22)36-12(25,26)14(29,30)40(32,33)34/h5-6,31H,1-4H2,(H,32,33,34). The lowest BCUT2D eigenvalue weighted by atomic mass is 9.76. The Bertz CT molecular complexity index is 984. The van der Waals surface area contributed by atoms with Crippen LogP contribution in [0.1, 0.15) is 25.7 Å². The van der Waals surface area contributed by atoms with Gasteiger partial charge in [0.25, 0.3) is 0 Å². The summed E-state index contributed by atoms with van der Waals surface area (Å²) in [5, 5.41) is -2.73. The second-order valence-electron chi connectivity index (χ2n) is 7.80. The van der Waals surface area contributed by atoms with E-state index in [1.54, 1.807) is 0 Å². The molecule has 0 aromatic carbocycles. The van der Waals surface area contributed by atoms with Gasteiger partial charge in [-0.25, -0.2) is 14.7 Å². The molecule has 1 fully saturated rings. The van der Waals surface area contributed by atoms with Crippen LogP contribution in [0.15, 0.2) is 0 Å². The number of halogens is 16. The van der Waals surface area contributed by atoms with Crippen molar-refractivity contribution in [3.05, 3.63) is 0 Å². The quantitative estimate of drug-likeness (QED) is 0.0691. The van der Waals surface area contributed by atoms with E-state index in [0.29, 0.717) is 0 Å². The Kier molecular flexibility index (Phi) is 10.4. The van der Waals surface area contributed by atoms with Crippen LogP contribution in [0.3, 0.4) is 0 Å². The van der Waals surface area contributed by atoms with Gasteiger partial charge in [-0.1, -0.05) is 5.04 Å². The van der Waals surface area contributed by atoms with E-state index in [0.717, 1.165) is 0 Å². The Morgan fingerprint density at radius 1 is 0.600 bits per heavy atom. The largest absolute Gasteiger partial charge is 0.460 e. The van der Waals surface area contributed by atoms with Gasteiger partial charge in [-0.2, -0.15) is 78.7 Å². The fourth-order valence-electron chi connectivity index (χ4n) is 3.13. The molecule has 0 aromatic heterocycles. The summed E-state index contributed by atoms with van der Waals surface area (Å²) in [5.41, 5.74) is 0. The molecular formula is C14H12F16O8S2. The summed E-state index contributed by atoms with van der Waals surface area (Å²) in [7, 11) is -7.25. The van der Waals surface area contributed by atoms with E-state index >= 15 is 0 Å². The average molecular weight is 676 g/mol. The third-order valence-electron chi connectivity index (χ3n) is 5.21. The molecule has 240 valence electrons. The van der Waals surface area contributed by atoms with Crippen molar-refractivity contribution >= 4 is 22.2 Å². The summed E-state index contributed by atoms with van der Waals surface area (Å²) in [5.74, 6) is -18.2. The second-order valence-corrected chi connectivity index (χ2v) is 10.1. The number of rotatable bonds is 14. The molecule has 0 unspecified atom stereocenters. The van der Waals surface area contributed by atoms with Gasteiger partial charge in [-0.15, -0.1) is 4.33 Å². The van der Waals surface area contributed by atoms with E-state index in [2.05, 4.69) is 14.1 Å². The highest BCUT2D eigenvalue weighted by molar-refractivity contribution is 7.95. The van der Waals surface area contributed by atoms with Crippen molar-refractivity contribution in [1.29, 1.82) is 0 Å². The van der Waals surface area contributed by atoms with Crippen LogP contribution in [-0.4, -0.2) is 65.0 Å². The molecule has 0 saturated heterocycles. The zero-order valence-electron chi connectivity index (χ0n) is 18.2. The lowest BCUT2D eigenvalue weighted by Crippen LogP contribution is -2.58. The molecule has 0 spiro atoms. The number of ether oxygens (including phenoxy) is 2. The number of hydrogen-bond donors (Lipinski definition) is 2. The van der Waals surface area contributed by atoms with E-state index in [9.17, 15) is 78.7 Å². The van der Waals surface area contributed by atoms with Crippen LogP contribution in [0.5, 0.6) is 0 Å².